The van der Waals surface area contributed by atoms with Crippen LogP contribution in [0.5, 0.6) is 0 Å². The van der Waals surface area contributed by atoms with Crippen LogP contribution in [0.1, 0.15) is 0 Å². The largest absolute Gasteiger partial charge is 0.318 e. The van der Waals surface area contributed by atoms with Crippen LogP contribution in [0.4, 0.5) is 11.4 Å². The van der Waals surface area contributed by atoms with Crippen molar-refractivity contribution in [1.29, 1.82) is 0 Å². The summed E-state index contributed by atoms with van der Waals surface area (Å²) in [6.45, 7) is 15.8. The topological polar surface area (TPSA) is 23.5 Å². The summed E-state index contributed by atoms with van der Waals surface area (Å²) in [6.07, 6.45) is 0. The molecule has 11 rings (SSSR count). The summed E-state index contributed by atoms with van der Waals surface area (Å²) in [5, 5.41) is 6.90. The Labute approximate surface area is 316 Å². The highest BCUT2D eigenvalue weighted by molar-refractivity contribution is 6.13. The minimum Gasteiger partial charge on any atom is -0.318 e. The van der Waals surface area contributed by atoms with Crippen molar-refractivity contribution >= 4 is 76.8 Å². The summed E-state index contributed by atoms with van der Waals surface area (Å²) in [4.78, 5) is 7.76. The van der Waals surface area contributed by atoms with E-state index in [4.69, 9.17) is 13.1 Å². The second kappa shape index (κ2) is 11.8. The minimum absolute atomic E-state index is 0.610. The predicted octanol–water partition coefficient (Wildman–Crippen LogP) is 13.7. The number of benzene rings is 8. The number of para-hydroxylation sites is 5. The van der Waals surface area contributed by atoms with Crippen LogP contribution in [0.15, 0.2) is 176 Å². The maximum atomic E-state index is 8.22. The lowest BCUT2D eigenvalue weighted by molar-refractivity contribution is 1.15. The van der Waals surface area contributed by atoms with Crippen LogP contribution in [0.25, 0.3) is 103 Å². The Balaban J connectivity index is 1.11. The quantitative estimate of drug-likeness (QED) is 0.163. The lowest BCUT2D eigenvalue weighted by atomic mass is 10.0. The molecule has 55 heavy (non-hydrogen) atoms. The van der Waals surface area contributed by atoms with E-state index in [0.29, 0.717) is 11.4 Å². The zero-order valence-corrected chi connectivity index (χ0v) is 29.5. The first kappa shape index (κ1) is 30.7. The molecule has 11 aromatic rings. The lowest BCUT2D eigenvalue weighted by Crippen LogP contribution is -1.99. The van der Waals surface area contributed by atoms with Gasteiger partial charge in [-0.05, 0) is 77.2 Å². The molecule has 0 amide bonds. The monoisotopic (exact) mass is 699 g/mol. The molecule has 0 radical (unpaired) electrons. The van der Waals surface area contributed by atoms with E-state index >= 15 is 0 Å². The van der Waals surface area contributed by atoms with Crippen LogP contribution in [0.2, 0.25) is 0 Å². The third kappa shape index (κ3) is 4.45. The smallest absolute Gasteiger partial charge is 0.211 e. The van der Waals surface area contributed by atoms with Gasteiger partial charge in [-0.1, -0.05) is 115 Å². The van der Waals surface area contributed by atoms with Gasteiger partial charge in [0.15, 0.2) is 5.69 Å². The van der Waals surface area contributed by atoms with Crippen molar-refractivity contribution in [2.75, 3.05) is 0 Å². The molecule has 3 aromatic heterocycles. The van der Waals surface area contributed by atoms with Gasteiger partial charge in [-0.3, -0.25) is 0 Å². The van der Waals surface area contributed by atoms with Crippen LogP contribution in [-0.4, -0.2) is 13.7 Å². The Hall–Kier alpha value is -7.86. The first-order chi connectivity index (χ1) is 27.2. The number of rotatable bonds is 4. The average Bonchev–Trinajstić information content (AvgIpc) is 3.88. The van der Waals surface area contributed by atoms with Gasteiger partial charge in [-0.15, -0.1) is 0 Å². The van der Waals surface area contributed by atoms with E-state index in [-0.39, 0.29) is 0 Å². The van der Waals surface area contributed by atoms with E-state index in [1.165, 1.54) is 21.5 Å². The summed E-state index contributed by atoms with van der Waals surface area (Å²) in [6, 6.07) is 61.4. The fraction of sp³-hybridized carbons (Fsp3) is 0. The van der Waals surface area contributed by atoms with E-state index in [1.807, 2.05) is 24.3 Å². The Morgan fingerprint density at radius 2 is 0.855 bits per heavy atom. The van der Waals surface area contributed by atoms with Crippen molar-refractivity contribution in [3.63, 3.8) is 0 Å². The normalized spacial score (nSPS) is 11.6. The van der Waals surface area contributed by atoms with Gasteiger partial charge in [-0.25, -0.2) is 9.69 Å². The molecular formula is C50H29N5. The van der Waals surface area contributed by atoms with Crippen LogP contribution in [0.3, 0.4) is 0 Å². The predicted molar refractivity (Wildman–Crippen MR) is 227 cm³/mol. The Bertz CT molecular complexity index is 3400. The maximum Gasteiger partial charge on any atom is 0.211 e. The Kier molecular flexibility index (Phi) is 6.61. The second-order valence-corrected chi connectivity index (χ2v) is 13.9. The standard InChI is InChI=1S/C50H29N5/c1-51-33-24-29-48-42(30-33)40-15-6-8-19-45(40)54(48)35-27-28-41-39-14-3-7-18-44(39)53(49(41)31-35)34-25-22-32(23-26-34)36-16-11-17-43(52-2)50(36)55-46-20-9-4-12-37(46)38-13-5-10-21-47(38)55/h3-31H. The van der Waals surface area contributed by atoms with Crippen LogP contribution in [-0.2, 0) is 0 Å². The van der Waals surface area contributed by atoms with Gasteiger partial charge in [0, 0.05) is 38.3 Å². The summed E-state index contributed by atoms with van der Waals surface area (Å²) in [5.41, 5.74) is 12.9. The molecule has 0 saturated heterocycles. The molecule has 3 heterocycles. The average molecular weight is 700 g/mol. The number of hydrogen-bond donors (Lipinski definition) is 0. The highest BCUT2D eigenvalue weighted by Gasteiger charge is 2.20. The molecule has 0 saturated carbocycles. The molecule has 0 aliphatic heterocycles. The molecule has 254 valence electrons. The maximum absolute atomic E-state index is 8.22. The van der Waals surface area contributed by atoms with E-state index in [2.05, 4.69) is 175 Å². The molecule has 0 N–H and O–H groups in total. The molecule has 0 bridgehead atoms. The van der Waals surface area contributed by atoms with Gasteiger partial charge in [-0.2, -0.15) is 0 Å². The van der Waals surface area contributed by atoms with Gasteiger partial charge in [0.2, 0.25) is 5.69 Å². The number of nitrogens with zero attached hydrogens (tertiary/aromatic N) is 5. The van der Waals surface area contributed by atoms with Gasteiger partial charge >= 0.3 is 0 Å². The third-order valence-electron chi connectivity index (χ3n) is 11.1. The van der Waals surface area contributed by atoms with E-state index < -0.39 is 0 Å². The SMILES string of the molecule is [C-]#[N+]c1ccc2c(c1)c1ccccc1n2-c1ccc2c3ccccc3n(-c3ccc(-c4cccc([N+]#[C-])c4-n4c5ccccc5c5ccccc54)cc3)c2c1. The van der Waals surface area contributed by atoms with Crippen LogP contribution in [0, 0.1) is 13.1 Å². The van der Waals surface area contributed by atoms with Crippen molar-refractivity contribution in [3.8, 4) is 28.2 Å². The summed E-state index contributed by atoms with van der Waals surface area (Å²) < 4.78 is 6.92. The molecule has 0 fully saturated rings. The molecule has 0 unspecified atom stereocenters. The van der Waals surface area contributed by atoms with E-state index in [0.717, 1.165) is 72.1 Å². The Morgan fingerprint density at radius 1 is 0.345 bits per heavy atom. The fourth-order valence-corrected chi connectivity index (χ4v) is 8.73. The highest BCUT2D eigenvalue weighted by Crippen LogP contribution is 2.42. The zero-order valence-electron chi connectivity index (χ0n) is 29.5. The molecule has 0 atom stereocenters. The lowest BCUT2D eigenvalue weighted by Gasteiger charge is -2.17. The van der Waals surface area contributed by atoms with Crippen molar-refractivity contribution in [2.45, 2.75) is 0 Å². The molecule has 5 nitrogen and oxygen atoms in total. The van der Waals surface area contributed by atoms with Crippen molar-refractivity contribution < 1.29 is 0 Å². The third-order valence-corrected chi connectivity index (χ3v) is 11.1. The van der Waals surface area contributed by atoms with Crippen LogP contribution < -0.4 is 0 Å². The van der Waals surface area contributed by atoms with E-state index in [1.54, 1.807) is 0 Å². The minimum atomic E-state index is 0.610. The van der Waals surface area contributed by atoms with Gasteiger partial charge in [0.1, 0.15) is 0 Å². The van der Waals surface area contributed by atoms with Gasteiger partial charge < -0.3 is 13.7 Å². The molecule has 8 aromatic carbocycles. The first-order valence-corrected chi connectivity index (χ1v) is 18.3. The van der Waals surface area contributed by atoms with Crippen molar-refractivity contribution in [2.24, 2.45) is 0 Å². The molecular weight excluding hydrogens is 671 g/mol. The molecule has 0 spiro atoms. The molecule has 0 aliphatic carbocycles. The molecule has 5 heteroatoms. The second-order valence-electron chi connectivity index (χ2n) is 13.9. The number of hydrogen-bond acceptors (Lipinski definition) is 0. The Morgan fingerprint density at radius 3 is 1.45 bits per heavy atom. The zero-order chi connectivity index (χ0) is 36.6. The summed E-state index contributed by atoms with van der Waals surface area (Å²) >= 11 is 0. The van der Waals surface area contributed by atoms with Gasteiger partial charge in [0.25, 0.3) is 0 Å². The van der Waals surface area contributed by atoms with Crippen LogP contribution >= 0.6 is 0 Å². The number of aromatic nitrogens is 3. The molecule has 0 aliphatic rings. The van der Waals surface area contributed by atoms with Crippen molar-refractivity contribution in [3.05, 3.63) is 199 Å². The first-order valence-electron chi connectivity index (χ1n) is 18.3. The summed E-state index contributed by atoms with van der Waals surface area (Å²) in [5.74, 6) is 0. The van der Waals surface area contributed by atoms with E-state index in [9.17, 15) is 0 Å². The number of fused-ring (bicyclic) bond motifs is 9. The fourth-order valence-electron chi connectivity index (χ4n) is 8.73. The van der Waals surface area contributed by atoms with Gasteiger partial charge in [0.05, 0.1) is 51.9 Å². The highest BCUT2D eigenvalue weighted by atomic mass is 15.0. The summed E-state index contributed by atoms with van der Waals surface area (Å²) in [7, 11) is 0. The van der Waals surface area contributed by atoms with Crippen molar-refractivity contribution in [1.82, 2.24) is 13.7 Å².